The average Bonchev–Trinajstić information content (AvgIpc) is 3.46. The van der Waals surface area contributed by atoms with E-state index in [4.69, 9.17) is 52.1 Å². The lowest BCUT2D eigenvalue weighted by Crippen LogP contribution is -2.71. The summed E-state index contributed by atoms with van der Waals surface area (Å²) in [5.41, 5.74) is 0. The molecule has 31 atom stereocenters. The van der Waals surface area contributed by atoms with E-state index in [0.717, 1.165) is 13.8 Å². The maximum atomic E-state index is 13.2. The van der Waals surface area contributed by atoms with Crippen molar-refractivity contribution in [1.29, 1.82) is 0 Å². The first-order chi connectivity index (χ1) is 36.6. The van der Waals surface area contributed by atoms with Crippen LogP contribution < -0.4 is 10.6 Å². The van der Waals surface area contributed by atoms with E-state index in [1.807, 2.05) is 0 Å². The minimum Gasteiger partial charge on any atom is -0.477 e. The summed E-state index contributed by atoms with van der Waals surface area (Å²) in [5, 5.41) is 209. The van der Waals surface area contributed by atoms with Crippen LogP contribution in [0.1, 0.15) is 27.2 Å². The quantitative estimate of drug-likeness (QED) is 0.0538. The van der Waals surface area contributed by atoms with Crippen molar-refractivity contribution < 1.29 is 164 Å². The highest BCUT2D eigenvalue weighted by molar-refractivity contribution is 5.76. The summed E-state index contributed by atoms with van der Waals surface area (Å²) in [5.74, 6) is -7.01. The summed E-state index contributed by atoms with van der Waals surface area (Å²) in [6.07, 6.45) is -58.0. The van der Waals surface area contributed by atoms with Crippen LogP contribution in [0.25, 0.3) is 0 Å². The van der Waals surface area contributed by atoms with Crippen molar-refractivity contribution in [3.63, 3.8) is 0 Å². The molecule has 452 valence electrons. The number of carbonyl (C=O) groups excluding carboxylic acids is 2. The number of aliphatic hydroxyl groups excluding tert-OH is 18. The number of rotatable bonds is 20. The highest BCUT2D eigenvalue weighted by Crippen LogP contribution is 2.39. The fourth-order valence-corrected chi connectivity index (χ4v) is 9.82. The van der Waals surface area contributed by atoms with Crippen LogP contribution in [-0.4, -0.2) is 338 Å². The van der Waals surface area contributed by atoms with Crippen LogP contribution >= 0.6 is 0 Å². The van der Waals surface area contributed by atoms with Crippen molar-refractivity contribution in [3.05, 3.63) is 0 Å². The zero-order chi connectivity index (χ0) is 58.0. The molecule has 0 aromatic rings. The summed E-state index contributed by atoms with van der Waals surface area (Å²) >= 11 is 0. The number of carboxylic acid groups (broad SMARTS) is 1. The Hall–Kier alpha value is -2.75. The van der Waals surface area contributed by atoms with Crippen LogP contribution in [0.3, 0.4) is 0 Å². The first-order valence-corrected chi connectivity index (χ1v) is 24.6. The van der Waals surface area contributed by atoms with Crippen LogP contribution in [0, 0.1) is 0 Å². The predicted molar refractivity (Wildman–Crippen MR) is 238 cm³/mol. The van der Waals surface area contributed by atoms with E-state index in [0.29, 0.717) is 0 Å². The van der Waals surface area contributed by atoms with Gasteiger partial charge in [0.2, 0.25) is 11.8 Å². The van der Waals surface area contributed by atoms with Crippen molar-refractivity contribution in [2.75, 3.05) is 33.0 Å². The number of ether oxygens (including phenoxy) is 11. The van der Waals surface area contributed by atoms with Crippen molar-refractivity contribution in [1.82, 2.24) is 10.6 Å². The summed E-state index contributed by atoms with van der Waals surface area (Å²) in [7, 11) is 0. The third-order valence-corrected chi connectivity index (χ3v) is 14.2. The van der Waals surface area contributed by atoms with E-state index in [2.05, 4.69) is 10.6 Å². The second-order valence-corrected chi connectivity index (χ2v) is 19.7. The van der Waals surface area contributed by atoms with Gasteiger partial charge < -0.3 is 160 Å². The Kier molecular flexibility index (Phi) is 22.4. The summed E-state index contributed by atoms with van der Waals surface area (Å²) in [4.78, 5) is 38.4. The number of hydrogen-bond acceptors (Lipinski definition) is 32. The first-order valence-electron chi connectivity index (χ1n) is 24.6. The third-order valence-electron chi connectivity index (χ3n) is 14.2. The lowest BCUT2D eigenvalue weighted by Gasteiger charge is -2.51. The molecular formula is C43H72N2O33. The summed E-state index contributed by atoms with van der Waals surface area (Å²) in [6.45, 7) is -2.34. The zero-order valence-corrected chi connectivity index (χ0v) is 41.8. The molecule has 6 heterocycles. The van der Waals surface area contributed by atoms with Crippen LogP contribution in [-0.2, 0) is 66.5 Å². The molecule has 6 saturated heterocycles. The number of aliphatic carboxylic acids is 1. The number of aliphatic hydroxyl groups is 18. The standard InChI is InChI=1S/C43H72N2O33/c1-10-21(54)27(60)29(62)39(69-10)77-36-28(61)23(56)15(6-47)72-41(36)74-32-20(45-12(3)51)38(75-35-25(58)17(8-49)71-40(31(35)64)76-34-24(57)16(7-48)70-37(65)30(34)63)73-18(26(32)59)9-68-43(42(66)67)4-13(52)19(44-11(2)50)33(78-43)22(55)14(53)5-46/h10,13-41,46-49,52-65H,4-9H2,1-3H3,(H,44,50)(H,45,51)(H,66,67)/t10-,13-,14+,15+,16+,17+,18+,19+,20+,21+,22+,23-,24+,25-,26+,27+,28-,29-,30+,31+,32+,33+,34-,35-,36+,37?,38-,39-,40-,41-,43+/m0/s1. The first kappa shape index (κ1) is 64.4. The Bertz CT molecular complexity index is 1950. The Labute approximate surface area is 441 Å². The smallest absolute Gasteiger partial charge is 0.364 e. The molecule has 0 aromatic heterocycles. The van der Waals surface area contributed by atoms with Crippen LogP contribution in [0.4, 0.5) is 0 Å². The maximum Gasteiger partial charge on any atom is 0.364 e. The lowest BCUT2D eigenvalue weighted by atomic mass is 9.88. The minimum absolute atomic E-state index is 0.835. The number of nitrogens with one attached hydrogen (secondary N) is 2. The van der Waals surface area contributed by atoms with Gasteiger partial charge in [-0.15, -0.1) is 0 Å². The number of carboxylic acids is 1. The molecule has 21 N–H and O–H groups in total. The normalized spacial score (nSPS) is 48.1. The van der Waals surface area contributed by atoms with Gasteiger partial charge in [0.15, 0.2) is 31.5 Å². The molecule has 6 aliphatic rings. The largest absolute Gasteiger partial charge is 0.477 e. The predicted octanol–water partition coefficient (Wildman–Crippen LogP) is -13.6. The average molecular weight is 1150 g/mol. The number of hydrogen-bond donors (Lipinski definition) is 21. The van der Waals surface area contributed by atoms with E-state index in [1.54, 1.807) is 0 Å². The van der Waals surface area contributed by atoms with Gasteiger partial charge in [0.05, 0.1) is 51.3 Å². The second kappa shape index (κ2) is 27.1. The molecule has 0 radical (unpaired) electrons. The molecule has 35 nitrogen and oxygen atoms in total. The minimum atomic E-state index is -3.14. The van der Waals surface area contributed by atoms with E-state index >= 15 is 0 Å². The molecule has 35 heteroatoms. The van der Waals surface area contributed by atoms with E-state index in [9.17, 15) is 111 Å². The zero-order valence-electron chi connectivity index (χ0n) is 41.8. The van der Waals surface area contributed by atoms with Gasteiger partial charge in [0.1, 0.15) is 134 Å². The fraction of sp³-hybridized carbons (Fsp3) is 0.930. The molecule has 78 heavy (non-hydrogen) atoms. The topological polar surface area (TPSA) is 561 Å². The van der Waals surface area contributed by atoms with Gasteiger partial charge in [-0.2, -0.15) is 0 Å². The molecule has 0 spiro atoms. The Morgan fingerprint density at radius 2 is 1.03 bits per heavy atom. The Morgan fingerprint density at radius 1 is 0.538 bits per heavy atom. The van der Waals surface area contributed by atoms with Crippen LogP contribution in [0.5, 0.6) is 0 Å². The molecule has 0 aromatic carbocycles. The van der Waals surface area contributed by atoms with Gasteiger partial charge in [-0.1, -0.05) is 0 Å². The van der Waals surface area contributed by atoms with Crippen LogP contribution in [0.2, 0.25) is 0 Å². The molecule has 2 amide bonds. The molecule has 0 saturated carbocycles. The molecular weight excluding hydrogens is 1070 g/mol. The Morgan fingerprint density at radius 3 is 1.60 bits per heavy atom. The monoisotopic (exact) mass is 1140 g/mol. The van der Waals surface area contributed by atoms with E-state index < -0.39 is 247 Å². The van der Waals surface area contributed by atoms with Crippen molar-refractivity contribution in [2.24, 2.45) is 0 Å². The molecule has 0 aliphatic carbocycles. The van der Waals surface area contributed by atoms with E-state index in [-0.39, 0.29) is 0 Å². The molecule has 6 rings (SSSR count). The van der Waals surface area contributed by atoms with Gasteiger partial charge in [-0.05, 0) is 6.92 Å². The molecule has 6 aliphatic heterocycles. The number of carbonyl (C=O) groups is 3. The fourth-order valence-electron chi connectivity index (χ4n) is 9.82. The van der Waals surface area contributed by atoms with Gasteiger partial charge in [-0.25, -0.2) is 4.79 Å². The van der Waals surface area contributed by atoms with Gasteiger partial charge in [0, 0.05) is 20.3 Å². The van der Waals surface area contributed by atoms with Crippen molar-refractivity contribution in [2.45, 2.75) is 217 Å². The molecule has 1 unspecified atom stereocenters. The molecule has 0 bridgehead atoms. The Balaban J connectivity index is 1.41. The van der Waals surface area contributed by atoms with Gasteiger partial charge in [0.25, 0.3) is 5.79 Å². The highest BCUT2D eigenvalue weighted by Gasteiger charge is 2.60. The lowest BCUT2D eigenvalue weighted by molar-refractivity contribution is -0.392. The van der Waals surface area contributed by atoms with Crippen LogP contribution in [0.15, 0.2) is 0 Å². The summed E-state index contributed by atoms with van der Waals surface area (Å²) in [6, 6.07) is -3.69. The van der Waals surface area contributed by atoms with Crippen molar-refractivity contribution >= 4 is 17.8 Å². The van der Waals surface area contributed by atoms with Crippen molar-refractivity contribution in [3.8, 4) is 0 Å². The SMILES string of the molecule is CC(=O)N[C@H]1[C@H](O[C@H]2[C@@H](O)[C@@H](CO)O[C@@H](O[C@H]3[C@H](O)[C@@H](CO)OC(O)[C@@H]3O)[C@@H]2O)O[C@H](CO[C@]2(C(=O)O)C[C@H](O)[C@@H](NC(C)=O)[C@H]([C@H](O)[C@H](O)CO)O2)[C@@H](O)[C@@H]1O[C@@H]1O[C@H](CO)[C@H](O)[C@H](O)[C@H]1O[C@@H]1O[C@@H](C)[C@@H](O)[C@@H](O)[C@@H]1O. The second-order valence-electron chi connectivity index (χ2n) is 19.7. The number of amides is 2. The summed E-state index contributed by atoms with van der Waals surface area (Å²) < 4.78 is 63.1. The molecule has 6 fully saturated rings. The van der Waals surface area contributed by atoms with Gasteiger partial charge in [-0.3, -0.25) is 9.59 Å². The van der Waals surface area contributed by atoms with E-state index in [1.165, 1.54) is 6.92 Å². The van der Waals surface area contributed by atoms with Gasteiger partial charge >= 0.3 is 5.97 Å². The maximum absolute atomic E-state index is 13.2. The third kappa shape index (κ3) is 13.7. The highest BCUT2D eigenvalue weighted by atomic mass is 16.8.